The van der Waals surface area contributed by atoms with Crippen LogP contribution in [0.5, 0.6) is 0 Å². The van der Waals surface area contributed by atoms with Crippen molar-refractivity contribution in [2.24, 2.45) is 0 Å². The molecule has 0 spiro atoms. The molecular weight excluding hydrogens is 359 g/mol. The minimum atomic E-state index is -4.77. The summed E-state index contributed by atoms with van der Waals surface area (Å²) in [6.45, 7) is 0. The Kier molecular flexibility index (Phi) is 4.41. The Labute approximate surface area is 143 Å². The second kappa shape index (κ2) is 6.54. The van der Waals surface area contributed by atoms with Crippen molar-refractivity contribution in [3.8, 4) is 5.69 Å². The lowest BCUT2D eigenvalue weighted by molar-refractivity contribution is -0.138. The molecule has 0 aliphatic carbocycles. The Morgan fingerprint density at radius 3 is 2.38 bits per heavy atom. The second-order valence-corrected chi connectivity index (χ2v) is 5.07. The third-order valence-electron chi connectivity index (χ3n) is 3.33. The average Bonchev–Trinajstić information content (AvgIpc) is 3.02. The summed E-state index contributed by atoms with van der Waals surface area (Å²) in [7, 11) is 0. The fraction of sp³-hybridized carbons (Fsp3) is 0.0625. The fourth-order valence-corrected chi connectivity index (χ4v) is 2.21. The number of benzene rings is 1. The van der Waals surface area contributed by atoms with Crippen molar-refractivity contribution in [2.75, 3.05) is 5.32 Å². The summed E-state index contributed by atoms with van der Waals surface area (Å²) in [4.78, 5) is 15.5. The van der Waals surface area contributed by atoms with Gasteiger partial charge in [-0.3, -0.25) is 9.78 Å². The van der Waals surface area contributed by atoms with E-state index < -0.39 is 40.7 Å². The number of rotatable bonds is 3. The lowest BCUT2D eigenvalue weighted by Gasteiger charge is -2.10. The first-order chi connectivity index (χ1) is 12.3. The van der Waals surface area contributed by atoms with E-state index in [1.165, 1.54) is 12.1 Å². The maximum Gasteiger partial charge on any atom is 0.418 e. The standard InChI is InChI=1S/C16H9F5N4O/c17-10-4-1-5-11(18)14(10)25-8-6-12(24-25)23-15(26)13-9(16(19,20)21)3-2-7-22-13/h1-8H,(H,23,24,26). The second-order valence-electron chi connectivity index (χ2n) is 5.07. The number of para-hydroxylation sites is 1. The Morgan fingerprint density at radius 2 is 1.73 bits per heavy atom. The maximum atomic E-state index is 13.7. The summed E-state index contributed by atoms with van der Waals surface area (Å²) in [6.07, 6.45) is -2.58. The molecular formula is C16H9F5N4O. The van der Waals surface area contributed by atoms with E-state index in [9.17, 15) is 26.7 Å². The van der Waals surface area contributed by atoms with E-state index in [-0.39, 0.29) is 5.82 Å². The largest absolute Gasteiger partial charge is 0.418 e. The molecule has 0 radical (unpaired) electrons. The summed E-state index contributed by atoms with van der Waals surface area (Å²) in [5.41, 5.74) is -2.54. The number of halogens is 5. The first-order valence-electron chi connectivity index (χ1n) is 7.11. The SMILES string of the molecule is O=C(Nc1ccn(-c2c(F)cccc2F)n1)c1ncccc1C(F)(F)F. The van der Waals surface area contributed by atoms with Gasteiger partial charge in [0.05, 0.1) is 5.56 Å². The minimum absolute atomic E-state index is 0.198. The molecule has 0 aliphatic heterocycles. The lowest BCUT2D eigenvalue weighted by atomic mass is 10.2. The zero-order chi connectivity index (χ0) is 18.9. The average molecular weight is 368 g/mol. The highest BCUT2D eigenvalue weighted by molar-refractivity contribution is 6.03. The van der Waals surface area contributed by atoms with Gasteiger partial charge < -0.3 is 5.32 Å². The van der Waals surface area contributed by atoms with Crippen LogP contribution >= 0.6 is 0 Å². The number of anilines is 1. The van der Waals surface area contributed by atoms with Crippen molar-refractivity contribution in [1.82, 2.24) is 14.8 Å². The minimum Gasteiger partial charge on any atom is -0.304 e. The molecule has 2 aromatic heterocycles. The van der Waals surface area contributed by atoms with Crippen LogP contribution in [0.3, 0.4) is 0 Å². The number of hydrogen-bond acceptors (Lipinski definition) is 3. The quantitative estimate of drug-likeness (QED) is 0.715. The van der Waals surface area contributed by atoms with Gasteiger partial charge in [0.1, 0.15) is 11.4 Å². The van der Waals surface area contributed by atoms with Crippen LogP contribution in [0.1, 0.15) is 16.1 Å². The van der Waals surface area contributed by atoms with Gasteiger partial charge in [-0.05, 0) is 24.3 Å². The predicted octanol–water partition coefficient (Wildman–Crippen LogP) is 3.82. The summed E-state index contributed by atoms with van der Waals surface area (Å²) >= 11 is 0. The van der Waals surface area contributed by atoms with Gasteiger partial charge in [0.25, 0.3) is 5.91 Å². The molecule has 134 valence electrons. The van der Waals surface area contributed by atoms with E-state index in [4.69, 9.17) is 0 Å². The molecule has 0 atom stereocenters. The Hall–Kier alpha value is -3.30. The molecule has 1 N–H and O–H groups in total. The number of nitrogens with one attached hydrogen (secondary N) is 1. The zero-order valence-electron chi connectivity index (χ0n) is 12.8. The molecule has 3 rings (SSSR count). The summed E-state index contributed by atoms with van der Waals surface area (Å²) in [5.74, 6) is -3.14. The van der Waals surface area contributed by atoms with Crippen LogP contribution in [0.4, 0.5) is 27.8 Å². The monoisotopic (exact) mass is 368 g/mol. The normalized spacial score (nSPS) is 11.4. The molecule has 2 heterocycles. The van der Waals surface area contributed by atoms with E-state index in [0.717, 1.165) is 41.3 Å². The number of hydrogen-bond donors (Lipinski definition) is 1. The number of nitrogens with zero attached hydrogens (tertiary/aromatic N) is 3. The van der Waals surface area contributed by atoms with Crippen LogP contribution in [0.15, 0.2) is 48.8 Å². The van der Waals surface area contributed by atoms with Gasteiger partial charge in [-0.25, -0.2) is 13.5 Å². The number of amides is 1. The molecule has 0 saturated carbocycles. The molecule has 3 aromatic rings. The zero-order valence-corrected chi connectivity index (χ0v) is 12.8. The molecule has 0 aliphatic rings. The van der Waals surface area contributed by atoms with E-state index in [1.54, 1.807) is 0 Å². The van der Waals surface area contributed by atoms with Crippen LogP contribution in [-0.4, -0.2) is 20.7 Å². The summed E-state index contributed by atoms with van der Waals surface area (Å²) in [6, 6.07) is 6.15. The third kappa shape index (κ3) is 3.39. The molecule has 0 fully saturated rings. The van der Waals surface area contributed by atoms with Gasteiger partial charge >= 0.3 is 6.18 Å². The number of aromatic nitrogens is 3. The van der Waals surface area contributed by atoms with Crippen LogP contribution in [0.25, 0.3) is 5.69 Å². The fourth-order valence-electron chi connectivity index (χ4n) is 2.21. The molecule has 5 nitrogen and oxygen atoms in total. The smallest absolute Gasteiger partial charge is 0.304 e. The van der Waals surface area contributed by atoms with Gasteiger partial charge in [0.2, 0.25) is 0 Å². The van der Waals surface area contributed by atoms with E-state index in [0.29, 0.717) is 0 Å². The number of carbonyl (C=O) groups is 1. The molecule has 0 bridgehead atoms. The maximum absolute atomic E-state index is 13.7. The number of carbonyl (C=O) groups excluding carboxylic acids is 1. The predicted molar refractivity (Wildman–Crippen MR) is 80.7 cm³/mol. The van der Waals surface area contributed by atoms with Gasteiger partial charge in [0, 0.05) is 18.5 Å². The molecule has 10 heteroatoms. The van der Waals surface area contributed by atoms with Crippen LogP contribution < -0.4 is 5.32 Å². The van der Waals surface area contributed by atoms with Crippen LogP contribution in [0.2, 0.25) is 0 Å². The third-order valence-corrected chi connectivity index (χ3v) is 3.33. The number of alkyl halides is 3. The molecule has 26 heavy (non-hydrogen) atoms. The van der Waals surface area contributed by atoms with Crippen molar-refractivity contribution in [3.63, 3.8) is 0 Å². The van der Waals surface area contributed by atoms with E-state index in [2.05, 4.69) is 15.4 Å². The Bertz CT molecular complexity index is 947. The molecule has 1 amide bonds. The Balaban J connectivity index is 1.88. The first kappa shape index (κ1) is 17.5. The molecule has 0 saturated heterocycles. The Morgan fingerprint density at radius 1 is 1.04 bits per heavy atom. The number of pyridine rings is 1. The highest BCUT2D eigenvalue weighted by atomic mass is 19.4. The topological polar surface area (TPSA) is 59.8 Å². The van der Waals surface area contributed by atoms with Crippen molar-refractivity contribution in [1.29, 1.82) is 0 Å². The molecule has 1 aromatic carbocycles. The van der Waals surface area contributed by atoms with Crippen molar-refractivity contribution >= 4 is 11.7 Å². The van der Waals surface area contributed by atoms with Crippen LogP contribution in [0, 0.1) is 11.6 Å². The summed E-state index contributed by atoms with van der Waals surface area (Å²) in [5, 5.41) is 5.88. The molecule has 0 unspecified atom stereocenters. The highest BCUT2D eigenvalue weighted by Gasteiger charge is 2.36. The van der Waals surface area contributed by atoms with Crippen molar-refractivity contribution in [3.05, 3.63) is 71.7 Å². The van der Waals surface area contributed by atoms with Gasteiger partial charge in [-0.2, -0.15) is 13.2 Å². The van der Waals surface area contributed by atoms with Gasteiger partial charge in [0.15, 0.2) is 17.5 Å². The van der Waals surface area contributed by atoms with Crippen molar-refractivity contribution in [2.45, 2.75) is 6.18 Å². The van der Waals surface area contributed by atoms with Crippen LogP contribution in [-0.2, 0) is 6.18 Å². The highest BCUT2D eigenvalue weighted by Crippen LogP contribution is 2.31. The van der Waals surface area contributed by atoms with E-state index in [1.807, 2.05) is 0 Å². The lowest BCUT2D eigenvalue weighted by Crippen LogP contribution is -2.20. The van der Waals surface area contributed by atoms with Gasteiger partial charge in [-0.15, -0.1) is 5.10 Å². The van der Waals surface area contributed by atoms with E-state index >= 15 is 0 Å². The van der Waals surface area contributed by atoms with Gasteiger partial charge in [-0.1, -0.05) is 6.07 Å². The van der Waals surface area contributed by atoms with Crippen molar-refractivity contribution < 1.29 is 26.7 Å². The summed E-state index contributed by atoms with van der Waals surface area (Å²) < 4.78 is 67.1. The first-order valence-corrected chi connectivity index (χ1v) is 7.11.